The van der Waals surface area contributed by atoms with Gasteiger partial charge in [-0.3, -0.25) is 14.4 Å². The zero-order valence-electron chi connectivity index (χ0n) is 24.2. The van der Waals surface area contributed by atoms with E-state index in [0.29, 0.717) is 6.42 Å². The highest BCUT2D eigenvalue weighted by molar-refractivity contribution is 9.09. The minimum absolute atomic E-state index is 0.0587. The van der Waals surface area contributed by atoms with Gasteiger partial charge in [0.25, 0.3) is 0 Å². The second-order valence-electron chi connectivity index (χ2n) is 11.7. The molecule has 2 aromatic rings. The predicted octanol–water partition coefficient (Wildman–Crippen LogP) is 5.13. The number of unbranched alkanes of at least 4 members (excludes halogenated alkanes) is 3. The van der Waals surface area contributed by atoms with E-state index in [-0.39, 0.29) is 36.7 Å². The minimum atomic E-state index is -0.810. The first-order valence-electron chi connectivity index (χ1n) is 14.1. The molecule has 0 saturated carbocycles. The van der Waals surface area contributed by atoms with Crippen molar-refractivity contribution >= 4 is 45.0 Å². The quantitative estimate of drug-likeness (QED) is 0.221. The molecule has 0 aliphatic carbocycles. The van der Waals surface area contributed by atoms with Gasteiger partial charge in [-0.15, -0.1) is 11.3 Å². The number of alkyl halides is 1. The molecule has 1 aliphatic rings. The topological polar surface area (TPSA) is 112 Å². The summed E-state index contributed by atoms with van der Waals surface area (Å²) in [5.41, 5.74) is 4.26. The summed E-state index contributed by atoms with van der Waals surface area (Å²) in [4.78, 5) is 46.7. The van der Waals surface area contributed by atoms with E-state index in [1.807, 2.05) is 64.4 Å². The molecule has 0 radical (unpaired) electrons. The smallest absolute Gasteiger partial charge is 0.246 e. The number of hydrogen-bond acceptors (Lipinski definition) is 6. The number of halogens is 1. The third kappa shape index (κ3) is 8.60. The zero-order chi connectivity index (χ0) is 29.4. The highest BCUT2D eigenvalue weighted by Gasteiger charge is 2.44. The van der Waals surface area contributed by atoms with Crippen LogP contribution in [0.5, 0.6) is 0 Å². The van der Waals surface area contributed by atoms with Crippen LogP contribution in [0.25, 0.3) is 10.4 Å². The summed E-state index contributed by atoms with van der Waals surface area (Å²) in [5.74, 6) is -0.821. The number of rotatable bonds is 12. The molecule has 40 heavy (non-hydrogen) atoms. The van der Waals surface area contributed by atoms with E-state index in [2.05, 4.69) is 31.5 Å². The van der Waals surface area contributed by atoms with E-state index in [9.17, 15) is 19.5 Å². The van der Waals surface area contributed by atoms with Crippen molar-refractivity contribution in [3.63, 3.8) is 0 Å². The lowest BCUT2D eigenvalue weighted by atomic mass is 9.85. The van der Waals surface area contributed by atoms with Gasteiger partial charge in [0.05, 0.1) is 28.2 Å². The first kappa shape index (κ1) is 32.2. The number of carbonyl (C=O) groups is 3. The lowest BCUT2D eigenvalue weighted by Gasteiger charge is -2.35. The summed E-state index contributed by atoms with van der Waals surface area (Å²) in [7, 11) is 0. The van der Waals surface area contributed by atoms with Gasteiger partial charge in [0.15, 0.2) is 0 Å². The number of nitrogens with zero attached hydrogens (tertiary/aromatic N) is 2. The van der Waals surface area contributed by atoms with Crippen LogP contribution in [0.15, 0.2) is 29.8 Å². The zero-order valence-corrected chi connectivity index (χ0v) is 26.6. The maximum Gasteiger partial charge on any atom is 0.246 e. The number of carbonyl (C=O) groups excluding carboxylic acids is 3. The molecule has 1 saturated heterocycles. The molecule has 0 bridgehead atoms. The number of likely N-dealkylation sites (tertiary alicyclic amines) is 1. The first-order valence-corrected chi connectivity index (χ1v) is 16.1. The summed E-state index contributed by atoms with van der Waals surface area (Å²) in [6.07, 6.45) is 3.56. The highest BCUT2D eigenvalue weighted by Crippen LogP contribution is 2.29. The summed E-state index contributed by atoms with van der Waals surface area (Å²) in [6.45, 7) is 9.63. The van der Waals surface area contributed by atoms with Crippen LogP contribution in [-0.2, 0) is 14.4 Å². The van der Waals surface area contributed by atoms with E-state index in [0.717, 1.165) is 52.7 Å². The maximum atomic E-state index is 13.7. The molecule has 4 atom stereocenters. The van der Waals surface area contributed by atoms with Crippen molar-refractivity contribution in [3.05, 3.63) is 41.0 Å². The number of benzene rings is 1. The Bertz CT molecular complexity index is 1150. The molecule has 1 fully saturated rings. The van der Waals surface area contributed by atoms with Gasteiger partial charge in [0.2, 0.25) is 17.7 Å². The number of thiazole rings is 1. The molecule has 8 nitrogen and oxygen atoms in total. The Labute approximate surface area is 250 Å². The van der Waals surface area contributed by atoms with Gasteiger partial charge in [-0.25, -0.2) is 4.98 Å². The summed E-state index contributed by atoms with van der Waals surface area (Å²) in [5, 5.41) is 17.4. The number of amides is 3. The molecule has 3 rings (SSSR count). The van der Waals surface area contributed by atoms with Crippen molar-refractivity contribution in [3.8, 4) is 10.4 Å². The highest BCUT2D eigenvalue weighted by atomic mass is 79.9. The van der Waals surface area contributed by atoms with Crippen LogP contribution in [0, 0.1) is 12.3 Å². The van der Waals surface area contributed by atoms with Crippen LogP contribution in [0.1, 0.15) is 83.5 Å². The van der Waals surface area contributed by atoms with Crippen LogP contribution >= 0.6 is 27.3 Å². The number of aliphatic hydroxyl groups is 1. The van der Waals surface area contributed by atoms with Gasteiger partial charge in [0, 0.05) is 24.7 Å². The van der Waals surface area contributed by atoms with Crippen molar-refractivity contribution < 1.29 is 19.5 Å². The van der Waals surface area contributed by atoms with Crippen molar-refractivity contribution in [1.29, 1.82) is 0 Å². The fraction of sp³-hybridized carbons (Fsp3) is 0.600. The monoisotopic (exact) mass is 634 g/mol. The number of β-amino-alcohol motifs (C(OH)–C–C–N with tert-alkyl or cyclic N) is 1. The normalized spacial score (nSPS) is 18.8. The second kappa shape index (κ2) is 14.5. The molecule has 1 unspecified atom stereocenters. The van der Waals surface area contributed by atoms with E-state index >= 15 is 0 Å². The number of aromatic nitrogens is 1. The van der Waals surface area contributed by atoms with Gasteiger partial charge in [-0.1, -0.05) is 73.8 Å². The van der Waals surface area contributed by atoms with Gasteiger partial charge >= 0.3 is 0 Å². The lowest BCUT2D eigenvalue weighted by molar-refractivity contribution is -0.144. The fourth-order valence-electron chi connectivity index (χ4n) is 4.98. The van der Waals surface area contributed by atoms with Crippen LogP contribution in [0.2, 0.25) is 0 Å². The molecule has 0 spiro atoms. The van der Waals surface area contributed by atoms with Gasteiger partial charge in [-0.2, -0.15) is 0 Å². The lowest BCUT2D eigenvalue weighted by Crippen LogP contribution is -2.57. The summed E-state index contributed by atoms with van der Waals surface area (Å²) in [6, 6.07) is 6.10. The molecule has 1 aromatic carbocycles. The Morgan fingerprint density at radius 3 is 2.40 bits per heavy atom. The molecular formula is C30H43BrN4O4S. The minimum Gasteiger partial charge on any atom is -0.391 e. The molecule has 3 N–H and O–H groups in total. The van der Waals surface area contributed by atoms with Crippen LogP contribution < -0.4 is 10.6 Å². The summed E-state index contributed by atoms with van der Waals surface area (Å²) >= 11 is 5.01. The summed E-state index contributed by atoms with van der Waals surface area (Å²) < 4.78 is 0. The predicted molar refractivity (Wildman–Crippen MR) is 163 cm³/mol. The molecular weight excluding hydrogens is 592 g/mol. The number of hydrogen-bond donors (Lipinski definition) is 3. The molecule has 10 heteroatoms. The largest absolute Gasteiger partial charge is 0.391 e. The Morgan fingerprint density at radius 2 is 1.80 bits per heavy atom. The van der Waals surface area contributed by atoms with Crippen LogP contribution in [0.3, 0.4) is 0 Å². The Hall–Kier alpha value is -2.30. The fourth-order valence-corrected chi connectivity index (χ4v) is 6.19. The SMILES string of the molecule is Cc1ncsc1-c1ccc([C@H](C)NC(=O)[C@@H]2C[C@@H](O)CN2C(=O)C(NC(=O)CCCCCCBr)C(C)(C)C)cc1. The maximum absolute atomic E-state index is 13.7. The van der Waals surface area contributed by atoms with Crippen LogP contribution in [-0.4, -0.2) is 62.8 Å². The average molecular weight is 636 g/mol. The van der Waals surface area contributed by atoms with Gasteiger partial charge < -0.3 is 20.6 Å². The van der Waals surface area contributed by atoms with Crippen molar-refractivity contribution in [2.45, 2.75) is 97.4 Å². The molecule has 1 aliphatic heterocycles. The molecule has 1 aromatic heterocycles. The third-order valence-corrected chi connectivity index (χ3v) is 8.89. The average Bonchev–Trinajstić information content (AvgIpc) is 3.51. The Morgan fingerprint density at radius 1 is 1.12 bits per heavy atom. The van der Waals surface area contributed by atoms with E-state index in [1.54, 1.807) is 11.3 Å². The van der Waals surface area contributed by atoms with E-state index in [1.165, 1.54) is 4.90 Å². The molecule has 220 valence electrons. The molecule has 3 amide bonds. The number of aliphatic hydroxyl groups excluding tert-OH is 1. The van der Waals surface area contributed by atoms with Gasteiger partial charge in [0.1, 0.15) is 12.1 Å². The van der Waals surface area contributed by atoms with Crippen molar-refractivity contribution in [1.82, 2.24) is 20.5 Å². The number of aryl methyl sites for hydroxylation is 1. The second-order valence-corrected chi connectivity index (χ2v) is 13.4. The molecule has 2 heterocycles. The Kier molecular flexibility index (Phi) is 11.7. The standard InChI is InChI=1S/C30H43BrN4O4S/c1-19(21-11-13-22(14-12-21)26-20(2)32-18-40-26)33-28(38)24-16-23(36)17-35(24)29(39)27(30(3,4)5)34-25(37)10-8-6-7-9-15-31/h11-14,18-19,23-24,27,36H,6-10,15-17H2,1-5H3,(H,33,38)(H,34,37)/t19-,23+,24-,27?/m0/s1. The first-order chi connectivity index (χ1) is 18.9. The van der Waals surface area contributed by atoms with Crippen molar-refractivity contribution in [2.75, 3.05) is 11.9 Å². The van der Waals surface area contributed by atoms with Crippen LogP contribution in [0.4, 0.5) is 0 Å². The number of nitrogens with one attached hydrogen (secondary N) is 2. The van der Waals surface area contributed by atoms with E-state index < -0.39 is 23.6 Å². The van der Waals surface area contributed by atoms with Crippen molar-refractivity contribution in [2.24, 2.45) is 5.41 Å². The van der Waals surface area contributed by atoms with E-state index in [4.69, 9.17) is 0 Å². The Balaban J connectivity index is 1.65. The third-order valence-electron chi connectivity index (χ3n) is 7.35. The van der Waals surface area contributed by atoms with Gasteiger partial charge in [-0.05, 0) is 43.2 Å².